The Labute approximate surface area is 223 Å². The quantitative estimate of drug-likeness (QED) is 0.167. The van der Waals surface area contributed by atoms with Gasteiger partial charge in [-0.05, 0) is 54.2 Å². The van der Waals surface area contributed by atoms with Gasteiger partial charge in [0.05, 0.1) is 19.5 Å². The molecule has 2 fully saturated rings. The number of nitrogens with zero attached hydrogens (tertiary/aromatic N) is 5. The molecule has 2 aliphatic carbocycles. The Morgan fingerprint density at radius 3 is 2.63 bits per heavy atom. The summed E-state index contributed by atoms with van der Waals surface area (Å²) in [6.45, 7) is -3.70. The van der Waals surface area contributed by atoms with E-state index >= 15 is 0 Å². The molecule has 15 heteroatoms. The second kappa shape index (κ2) is 10.9. The first-order valence-electron chi connectivity index (χ1n) is 12.2. The predicted molar refractivity (Wildman–Crippen MR) is 140 cm³/mol. The Kier molecular flexibility index (Phi) is 7.72. The van der Waals surface area contributed by atoms with Crippen molar-refractivity contribution in [3.05, 3.63) is 42.2 Å². The van der Waals surface area contributed by atoms with Gasteiger partial charge in [-0.3, -0.25) is 9.78 Å². The van der Waals surface area contributed by atoms with Crippen molar-refractivity contribution in [3.63, 3.8) is 0 Å². The van der Waals surface area contributed by atoms with Crippen LogP contribution >= 0.6 is 19.0 Å². The summed E-state index contributed by atoms with van der Waals surface area (Å²) < 4.78 is 26.1. The van der Waals surface area contributed by atoms with E-state index in [1.807, 2.05) is 4.57 Å². The summed E-state index contributed by atoms with van der Waals surface area (Å²) in [5.74, 6) is -0.785. The number of aliphatic hydroxyl groups is 2. The van der Waals surface area contributed by atoms with E-state index in [0.717, 1.165) is 5.56 Å². The van der Waals surface area contributed by atoms with E-state index in [2.05, 4.69) is 32.2 Å². The largest absolute Gasteiger partial charge is 0.396 e. The maximum absolute atomic E-state index is 13.0. The number of thiol groups is 1. The molecule has 2 saturated carbocycles. The van der Waals surface area contributed by atoms with Gasteiger partial charge in [0.15, 0.2) is 11.5 Å². The Balaban J connectivity index is 1.17. The lowest BCUT2D eigenvalue weighted by Gasteiger charge is -2.45. The minimum atomic E-state index is -3.71. The molecule has 5 rings (SSSR count). The van der Waals surface area contributed by atoms with E-state index < -0.39 is 12.7 Å². The van der Waals surface area contributed by atoms with Crippen molar-refractivity contribution >= 4 is 41.9 Å². The van der Waals surface area contributed by atoms with Gasteiger partial charge in [-0.25, -0.2) is 19.5 Å². The molecule has 3 heterocycles. The van der Waals surface area contributed by atoms with E-state index in [9.17, 15) is 19.6 Å². The van der Waals surface area contributed by atoms with Crippen LogP contribution < -0.4 is 11.5 Å². The Morgan fingerprint density at radius 1 is 1.11 bits per heavy atom. The average molecular weight is 564 g/mol. The van der Waals surface area contributed by atoms with Crippen molar-refractivity contribution in [2.45, 2.75) is 24.8 Å². The number of aromatic nitrogens is 5. The molecule has 3 aromatic heterocycles. The smallest absolute Gasteiger partial charge is 0.386 e. The highest BCUT2D eigenvalue weighted by atomic mass is 32.7. The zero-order valence-electron chi connectivity index (χ0n) is 20.4. The monoisotopic (exact) mass is 563 g/mol. The van der Waals surface area contributed by atoms with Crippen molar-refractivity contribution in [1.82, 2.24) is 24.5 Å². The van der Waals surface area contributed by atoms with Crippen LogP contribution in [0.2, 0.25) is 0 Å². The van der Waals surface area contributed by atoms with E-state index in [-0.39, 0.29) is 73.6 Å². The summed E-state index contributed by atoms with van der Waals surface area (Å²) >= 11 is 4.15. The zero-order valence-corrected chi connectivity index (χ0v) is 22.2. The lowest BCUT2D eigenvalue weighted by atomic mass is 9.63. The molecule has 0 spiro atoms. The van der Waals surface area contributed by atoms with Crippen LogP contribution in [-0.4, -0.2) is 67.1 Å². The van der Waals surface area contributed by atoms with Gasteiger partial charge >= 0.3 is 6.80 Å². The first-order chi connectivity index (χ1) is 18.2. The molecule has 0 saturated heterocycles. The first-order valence-corrected chi connectivity index (χ1v) is 14.9. The Bertz CT molecular complexity index is 1380. The summed E-state index contributed by atoms with van der Waals surface area (Å²) in [6.07, 6.45) is 5.86. The van der Waals surface area contributed by atoms with Crippen molar-refractivity contribution in [3.8, 4) is 0 Å². The van der Waals surface area contributed by atoms with E-state index in [4.69, 9.17) is 20.5 Å². The second-order valence-electron chi connectivity index (χ2n) is 9.84. The molecule has 0 aromatic carbocycles. The number of carbonyl (C=O) groups is 1. The topological polar surface area (TPSA) is 202 Å². The molecule has 0 aliphatic heterocycles. The van der Waals surface area contributed by atoms with Crippen LogP contribution in [0.4, 0.5) is 5.82 Å². The molecule has 38 heavy (non-hydrogen) atoms. The fraction of sp³-hybridized carbons (Fsp3) is 0.522. The molecule has 6 N–H and O–H groups in total. The maximum atomic E-state index is 13.0. The second-order valence-corrected chi connectivity index (χ2v) is 12.8. The average Bonchev–Trinajstić information content (AvgIpc) is 3.28. The van der Waals surface area contributed by atoms with Gasteiger partial charge in [-0.2, -0.15) is 0 Å². The summed E-state index contributed by atoms with van der Waals surface area (Å²) in [5.41, 5.74) is 13.3. The fourth-order valence-electron chi connectivity index (χ4n) is 5.55. The van der Waals surface area contributed by atoms with Gasteiger partial charge in [-0.1, -0.05) is 12.2 Å². The number of imidazole rings is 1. The van der Waals surface area contributed by atoms with Crippen molar-refractivity contribution in [2.75, 3.05) is 32.2 Å². The van der Waals surface area contributed by atoms with Crippen LogP contribution in [0.3, 0.4) is 0 Å². The third-order valence-electron chi connectivity index (χ3n) is 7.86. The summed E-state index contributed by atoms with van der Waals surface area (Å²) in [5, 5.41) is 19.8. The van der Waals surface area contributed by atoms with Gasteiger partial charge in [-0.15, -0.1) is 0 Å². The third-order valence-corrected chi connectivity index (χ3v) is 9.50. The minimum absolute atomic E-state index is 0.0180. The number of nitrogen functional groups attached to an aromatic ring is 1. The Morgan fingerprint density at radius 2 is 1.89 bits per heavy atom. The fourth-order valence-corrected chi connectivity index (χ4v) is 6.76. The van der Waals surface area contributed by atoms with Crippen LogP contribution in [0.5, 0.6) is 0 Å². The molecule has 13 nitrogen and oxygen atoms in total. The highest BCUT2D eigenvalue weighted by Gasteiger charge is 2.45. The number of aliphatic hydroxyl groups excluding tert-OH is 2. The number of anilines is 1. The standard InChI is InChI=1S/C23H30N7O6PS/c24-21-20-23(28-10-27-21)30(11-29-20)19-5-14(16(19)7-32)8-35-37(34,38)36-9-17-13(6-31)3-15(17)12-1-2-26-18(4-12)22(25)33/h1-2,4,10-11,13-17,19,31-32H,3,5-9H2,(H2,25,33)(H,34,38)(H2,24,27,28)/t13-,14-,15+,16-,17-,19-,37?/m1/s1. The van der Waals surface area contributed by atoms with Gasteiger partial charge in [0.25, 0.3) is 5.91 Å². The molecular weight excluding hydrogens is 533 g/mol. The third kappa shape index (κ3) is 5.16. The molecule has 3 aromatic rings. The maximum Gasteiger partial charge on any atom is 0.386 e. The van der Waals surface area contributed by atoms with Crippen molar-refractivity contribution in [2.24, 2.45) is 29.4 Å². The first kappa shape index (κ1) is 27.0. The zero-order chi connectivity index (χ0) is 27.0. The number of hydrogen-bond donors (Lipinski definition) is 5. The van der Waals surface area contributed by atoms with E-state index in [0.29, 0.717) is 24.0 Å². The normalized spacial score (nSPS) is 28.4. The molecule has 0 radical (unpaired) electrons. The van der Waals surface area contributed by atoms with Crippen LogP contribution in [0.15, 0.2) is 31.0 Å². The Hall–Kier alpha value is -2.61. The number of amides is 1. The summed E-state index contributed by atoms with van der Waals surface area (Å²) in [7, 11) is 0. The molecular formula is C23H30N7O6PS. The highest BCUT2D eigenvalue weighted by Crippen LogP contribution is 2.57. The lowest BCUT2D eigenvalue weighted by molar-refractivity contribution is -0.00626. The summed E-state index contributed by atoms with van der Waals surface area (Å²) in [4.78, 5) is 28.0. The number of primary amides is 1. The number of carbonyl (C=O) groups excluding carboxylic acids is 1. The van der Waals surface area contributed by atoms with Crippen molar-refractivity contribution < 1.29 is 28.6 Å². The van der Waals surface area contributed by atoms with Crippen LogP contribution in [0.1, 0.15) is 40.9 Å². The minimum Gasteiger partial charge on any atom is -0.396 e. The number of pyridine rings is 1. The van der Waals surface area contributed by atoms with Crippen LogP contribution in [0, 0.1) is 23.7 Å². The predicted octanol–water partition coefficient (Wildman–Crippen LogP) is 1.56. The SMILES string of the molecule is NC(=O)c1cc([C@@H]2C[C@H](CO)[C@H]2COP(=O)(S)OC[C@H]2C[C@@H](n3cnc4c(N)ncnc43)[C@@H]2CO)ccn1. The van der Waals surface area contributed by atoms with E-state index in [1.54, 1.807) is 18.5 Å². The van der Waals surface area contributed by atoms with Crippen molar-refractivity contribution in [1.29, 1.82) is 0 Å². The molecule has 1 unspecified atom stereocenters. The number of hydrogen-bond acceptors (Lipinski definition) is 11. The van der Waals surface area contributed by atoms with Gasteiger partial charge < -0.3 is 35.3 Å². The highest BCUT2D eigenvalue weighted by molar-refractivity contribution is 8.44. The van der Waals surface area contributed by atoms with Gasteiger partial charge in [0.2, 0.25) is 0 Å². The molecule has 204 valence electrons. The number of rotatable bonds is 11. The van der Waals surface area contributed by atoms with Gasteiger partial charge in [0.1, 0.15) is 17.5 Å². The molecule has 2 aliphatic rings. The van der Waals surface area contributed by atoms with E-state index in [1.165, 1.54) is 12.5 Å². The molecule has 0 bridgehead atoms. The van der Waals surface area contributed by atoms with Gasteiger partial charge in [0, 0.05) is 31.4 Å². The number of nitrogens with two attached hydrogens (primary N) is 2. The summed E-state index contributed by atoms with van der Waals surface area (Å²) in [6, 6.07) is 3.36. The van der Waals surface area contributed by atoms with Crippen LogP contribution in [-0.2, 0) is 13.6 Å². The number of fused-ring (bicyclic) bond motifs is 1. The molecule has 7 atom stereocenters. The lowest BCUT2D eigenvalue weighted by Crippen LogP contribution is -2.43. The van der Waals surface area contributed by atoms with Crippen LogP contribution in [0.25, 0.3) is 11.2 Å². The molecule has 1 amide bonds.